The first-order chi connectivity index (χ1) is 11.3. The van der Waals surface area contributed by atoms with Crippen molar-refractivity contribution in [3.8, 4) is 0 Å². The first-order valence-electron chi connectivity index (χ1n) is 7.18. The lowest BCUT2D eigenvalue weighted by Crippen LogP contribution is -2.37. The predicted octanol–water partition coefficient (Wildman–Crippen LogP) is 1.59. The highest BCUT2D eigenvalue weighted by Crippen LogP contribution is 2.13. The van der Waals surface area contributed by atoms with Gasteiger partial charge in [0, 0.05) is 6.54 Å². The number of carbonyl (C=O) groups excluding carboxylic acids is 1. The lowest BCUT2D eigenvalue weighted by molar-refractivity contribution is -0.117. The maximum Gasteiger partial charge on any atom is 0.241 e. The second kappa shape index (κ2) is 7.52. The van der Waals surface area contributed by atoms with Crippen LogP contribution in [0.5, 0.6) is 0 Å². The molecule has 1 atom stereocenters. The Morgan fingerprint density at radius 2 is 1.79 bits per heavy atom. The van der Waals surface area contributed by atoms with Crippen LogP contribution in [-0.2, 0) is 21.4 Å². The molecule has 2 aromatic carbocycles. The Labute approximate surface area is 139 Å². The molecule has 1 unspecified atom stereocenters. The number of halogens is 1. The van der Waals surface area contributed by atoms with E-state index in [-0.39, 0.29) is 16.5 Å². The Bertz CT molecular complexity index is 823. The van der Waals surface area contributed by atoms with E-state index in [1.54, 1.807) is 25.1 Å². The van der Waals surface area contributed by atoms with Crippen LogP contribution in [0.1, 0.15) is 12.5 Å². The predicted molar refractivity (Wildman–Crippen MR) is 89.1 cm³/mol. The van der Waals surface area contributed by atoms with E-state index in [4.69, 9.17) is 5.14 Å². The summed E-state index contributed by atoms with van der Waals surface area (Å²) in [4.78, 5) is 12.1. The fourth-order valence-corrected chi connectivity index (χ4v) is 2.48. The Kier molecular flexibility index (Phi) is 5.66. The summed E-state index contributed by atoms with van der Waals surface area (Å²) < 4.78 is 35.9. The van der Waals surface area contributed by atoms with Gasteiger partial charge in [-0.3, -0.25) is 4.79 Å². The van der Waals surface area contributed by atoms with E-state index in [1.807, 2.05) is 0 Å². The fraction of sp³-hybridized carbons (Fsp3) is 0.188. The molecule has 0 aromatic heterocycles. The molecule has 0 saturated heterocycles. The maximum absolute atomic E-state index is 13.5. The smallest absolute Gasteiger partial charge is 0.241 e. The summed E-state index contributed by atoms with van der Waals surface area (Å²) in [5, 5.41) is 10.5. The molecular formula is C16H18FN3O3S. The van der Waals surface area contributed by atoms with E-state index >= 15 is 0 Å². The monoisotopic (exact) mass is 351 g/mol. The summed E-state index contributed by atoms with van der Waals surface area (Å²) in [6, 6.07) is 11.4. The van der Waals surface area contributed by atoms with Crippen molar-refractivity contribution in [1.29, 1.82) is 0 Å². The summed E-state index contributed by atoms with van der Waals surface area (Å²) in [7, 11) is -3.72. The van der Waals surface area contributed by atoms with Gasteiger partial charge < -0.3 is 10.6 Å². The van der Waals surface area contributed by atoms with E-state index in [0.29, 0.717) is 6.54 Å². The van der Waals surface area contributed by atoms with Crippen molar-refractivity contribution in [3.63, 3.8) is 0 Å². The van der Waals surface area contributed by atoms with Gasteiger partial charge in [0.2, 0.25) is 15.9 Å². The molecule has 2 rings (SSSR count). The minimum atomic E-state index is -3.72. The third-order valence-corrected chi connectivity index (χ3v) is 4.32. The van der Waals surface area contributed by atoms with Gasteiger partial charge in [-0.25, -0.2) is 17.9 Å². The van der Waals surface area contributed by atoms with Crippen molar-refractivity contribution in [2.45, 2.75) is 24.4 Å². The van der Waals surface area contributed by atoms with Gasteiger partial charge in [0.25, 0.3) is 0 Å². The molecule has 0 aliphatic carbocycles. The molecule has 128 valence electrons. The van der Waals surface area contributed by atoms with Gasteiger partial charge >= 0.3 is 0 Å². The molecule has 4 N–H and O–H groups in total. The van der Waals surface area contributed by atoms with E-state index in [2.05, 4.69) is 10.6 Å². The molecule has 0 radical (unpaired) electrons. The molecule has 1 amide bonds. The molecule has 0 saturated carbocycles. The average Bonchev–Trinajstić information content (AvgIpc) is 2.54. The Balaban J connectivity index is 1.92. The van der Waals surface area contributed by atoms with Gasteiger partial charge in [0.1, 0.15) is 5.82 Å². The SMILES string of the molecule is CC(NCc1ccc(S(N)(=O)=O)cc1)C(=O)Nc1ccccc1F. The van der Waals surface area contributed by atoms with E-state index in [1.165, 1.54) is 30.3 Å². The van der Waals surface area contributed by atoms with Gasteiger partial charge in [0.05, 0.1) is 16.6 Å². The van der Waals surface area contributed by atoms with E-state index < -0.39 is 21.9 Å². The molecule has 0 heterocycles. The molecule has 0 fully saturated rings. The maximum atomic E-state index is 13.5. The highest BCUT2D eigenvalue weighted by atomic mass is 32.2. The number of benzene rings is 2. The van der Waals surface area contributed by atoms with Gasteiger partial charge in [-0.1, -0.05) is 24.3 Å². The number of carbonyl (C=O) groups is 1. The van der Waals surface area contributed by atoms with Crippen molar-refractivity contribution in [2.75, 3.05) is 5.32 Å². The molecule has 8 heteroatoms. The van der Waals surface area contributed by atoms with E-state index in [0.717, 1.165) is 5.56 Å². The second-order valence-corrected chi connectivity index (χ2v) is 6.82. The summed E-state index contributed by atoms with van der Waals surface area (Å²) >= 11 is 0. The van der Waals surface area contributed by atoms with Crippen LogP contribution in [0.15, 0.2) is 53.4 Å². The minimum absolute atomic E-state index is 0.0246. The molecule has 0 aliphatic heterocycles. The molecule has 0 bridgehead atoms. The highest BCUT2D eigenvalue weighted by molar-refractivity contribution is 7.89. The average molecular weight is 351 g/mol. The first kappa shape index (κ1) is 18.1. The zero-order valence-electron chi connectivity index (χ0n) is 13.0. The van der Waals surface area contributed by atoms with Crippen LogP contribution in [0.25, 0.3) is 0 Å². The molecule has 6 nitrogen and oxygen atoms in total. The number of para-hydroxylation sites is 1. The number of amides is 1. The normalized spacial score (nSPS) is 12.6. The van der Waals surface area contributed by atoms with Crippen LogP contribution in [0.4, 0.5) is 10.1 Å². The summed E-state index contributed by atoms with van der Waals surface area (Å²) in [5.41, 5.74) is 0.904. The lowest BCUT2D eigenvalue weighted by Gasteiger charge is -2.14. The number of nitrogens with two attached hydrogens (primary N) is 1. The van der Waals surface area contributed by atoms with Gasteiger partial charge in [-0.05, 0) is 36.8 Å². The van der Waals surface area contributed by atoms with Crippen LogP contribution in [0, 0.1) is 5.82 Å². The number of rotatable bonds is 6. The summed E-state index contributed by atoms with van der Waals surface area (Å²) in [5.74, 6) is -0.877. The number of sulfonamides is 1. The largest absolute Gasteiger partial charge is 0.322 e. The topological polar surface area (TPSA) is 101 Å². The second-order valence-electron chi connectivity index (χ2n) is 5.26. The third-order valence-electron chi connectivity index (χ3n) is 3.39. The minimum Gasteiger partial charge on any atom is -0.322 e. The summed E-state index contributed by atoms with van der Waals surface area (Å²) in [6.45, 7) is 1.99. The Morgan fingerprint density at radius 1 is 1.17 bits per heavy atom. The first-order valence-corrected chi connectivity index (χ1v) is 8.72. The highest BCUT2D eigenvalue weighted by Gasteiger charge is 2.14. The van der Waals surface area contributed by atoms with Crippen LogP contribution >= 0.6 is 0 Å². The van der Waals surface area contributed by atoms with Gasteiger partial charge in [-0.2, -0.15) is 0 Å². The van der Waals surface area contributed by atoms with Crippen molar-refractivity contribution >= 4 is 21.6 Å². The number of primary sulfonamides is 1. The molecular weight excluding hydrogens is 333 g/mol. The quantitative estimate of drug-likeness (QED) is 0.735. The van der Waals surface area contributed by atoms with Crippen LogP contribution in [0.2, 0.25) is 0 Å². The molecule has 2 aromatic rings. The number of nitrogens with one attached hydrogen (secondary N) is 2. The van der Waals surface area contributed by atoms with E-state index in [9.17, 15) is 17.6 Å². The molecule has 24 heavy (non-hydrogen) atoms. The number of anilines is 1. The zero-order chi connectivity index (χ0) is 17.7. The van der Waals surface area contributed by atoms with Crippen molar-refractivity contribution in [1.82, 2.24) is 5.32 Å². The van der Waals surface area contributed by atoms with Crippen LogP contribution < -0.4 is 15.8 Å². The van der Waals surface area contributed by atoms with Crippen molar-refractivity contribution < 1.29 is 17.6 Å². The standard InChI is InChI=1S/C16H18FN3O3S/c1-11(16(21)20-15-5-3-2-4-14(15)17)19-10-12-6-8-13(9-7-12)24(18,22)23/h2-9,11,19H,10H2,1H3,(H,20,21)(H2,18,22,23). The van der Waals surface area contributed by atoms with Crippen LogP contribution in [0.3, 0.4) is 0 Å². The van der Waals surface area contributed by atoms with Crippen molar-refractivity contribution in [2.24, 2.45) is 5.14 Å². The zero-order valence-corrected chi connectivity index (χ0v) is 13.8. The van der Waals surface area contributed by atoms with Crippen LogP contribution in [-0.4, -0.2) is 20.4 Å². The van der Waals surface area contributed by atoms with Gasteiger partial charge in [-0.15, -0.1) is 0 Å². The van der Waals surface area contributed by atoms with Gasteiger partial charge in [0.15, 0.2) is 0 Å². The fourth-order valence-electron chi connectivity index (χ4n) is 1.96. The number of hydrogen-bond acceptors (Lipinski definition) is 4. The van der Waals surface area contributed by atoms with Crippen molar-refractivity contribution in [3.05, 3.63) is 59.9 Å². The third kappa shape index (κ3) is 4.85. The summed E-state index contributed by atoms with van der Waals surface area (Å²) in [6.07, 6.45) is 0. The number of hydrogen-bond donors (Lipinski definition) is 3. The molecule has 0 spiro atoms. The Hall–Kier alpha value is -2.29. The molecule has 0 aliphatic rings. The Morgan fingerprint density at radius 3 is 2.38 bits per heavy atom. The lowest BCUT2D eigenvalue weighted by atomic mass is 10.2.